The molecule has 0 radical (unpaired) electrons. The molecule has 0 saturated carbocycles. The summed E-state index contributed by atoms with van der Waals surface area (Å²) in [6, 6.07) is 12.3. The van der Waals surface area contributed by atoms with Crippen LogP contribution >= 0.6 is 0 Å². The van der Waals surface area contributed by atoms with E-state index in [1.54, 1.807) is 0 Å². The molecule has 2 nitrogen and oxygen atoms in total. The van der Waals surface area contributed by atoms with E-state index in [1.807, 2.05) is 31.3 Å². The highest BCUT2D eigenvalue weighted by Crippen LogP contribution is 2.23. The van der Waals surface area contributed by atoms with E-state index in [2.05, 4.69) is 23.2 Å². The van der Waals surface area contributed by atoms with E-state index in [-0.39, 0.29) is 0 Å². The number of nitrogens with zero attached hydrogens (tertiary/aromatic N) is 1. The lowest BCUT2D eigenvalue weighted by Crippen LogP contribution is -1.98. The molecule has 15 heavy (non-hydrogen) atoms. The number of aromatic nitrogens is 1. The second-order valence-electron chi connectivity index (χ2n) is 3.55. The fraction of sp³-hybridized carbons (Fsp3) is 0.154. The van der Waals surface area contributed by atoms with Gasteiger partial charge in [0.1, 0.15) is 0 Å². The molecule has 76 valence electrons. The topological polar surface area (TPSA) is 38.9 Å². The third-order valence-corrected chi connectivity index (χ3v) is 2.44. The minimum atomic E-state index is 0.567. The average molecular weight is 198 g/mol. The van der Waals surface area contributed by atoms with Gasteiger partial charge in [0.15, 0.2) is 0 Å². The molecule has 0 amide bonds. The third-order valence-electron chi connectivity index (χ3n) is 2.44. The summed E-state index contributed by atoms with van der Waals surface area (Å²) in [7, 11) is 0. The van der Waals surface area contributed by atoms with Crippen LogP contribution in [0.25, 0.3) is 11.1 Å². The Morgan fingerprint density at radius 3 is 2.73 bits per heavy atom. The van der Waals surface area contributed by atoms with Crippen molar-refractivity contribution in [1.82, 2.24) is 4.98 Å². The Labute approximate surface area is 89.8 Å². The molecule has 0 aliphatic heterocycles. The van der Waals surface area contributed by atoms with Crippen molar-refractivity contribution >= 4 is 0 Å². The van der Waals surface area contributed by atoms with Gasteiger partial charge in [-0.25, -0.2) is 0 Å². The SMILES string of the molecule is Cc1cc(-c2ccccc2CN)ccn1. The van der Waals surface area contributed by atoms with E-state index in [1.165, 1.54) is 16.7 Å². The van der Waals surface area contributed by atoms with E-state index in [0.717, 1.165) is 5.69 Å². The van der Waals surface area contributed by atoms with E-state index in [9.17, 15) is 0 Å². The van der Waals surface area contributed by atoms with Crippen LogP contribution in [0.3, 0.4) is 0 Å². The average Bonchev–Trinajstić information content (AvgIpc) is 2.29. The highest BCUT2D eigenvalue weighted by molar-refractivity contribution is 5.67. The van der Waals surface area contributed by atoms with Crippen LogP contribution in [0.5, 0.6) is 0 Å². The van der Waals surface area contributed by atoms with Crippen molar-refractivity contribution in [3.05, 3.63) is 53.9 Å². The van der Waals surface area contributed by atoms with Crippen LogP contribution in [0, 0.1) is 6.92 Å². The Bertz CT molecular complexity index is 464. The highest BCUT2D eigenvalue weighted by Gasteiger charge is 2.02. The van der Waals surface area contributed by atoms with Gasteiger partial charge in [-0.3, -0.25) is 4.98 Å². The zero-order valence-electron chi connectivity index (χ0n) is 8.77. The van der Waals surface area contributed by atoms with Crippen molar-refractivity contribution < 1.29 is 0 Å². The second-order valence-corrected chi connectivity index (χ2v) is 3.55. The number of nitrogens with two attached hydrogens (primary N) is 1. The normalized spacial score (nSPS) is 10.3. The van der Waals surface area contributed by atoms with Crippen LogP contribution < -0.4 is 5.73 Å². The second kappa shape index (κ2) is 4.24. The molecular weight excluding hydrogens is 184 g/mol. The van der Waals surface area contributed by atoms with Crippen molar-refractivity contribution in [2.24, 2.45) is 5.73 Å². The van der Waals surface area contributed by atoms with Crippen molar-refractivity contribution in [3.63, 3.8) is 0 Å². The summed E-state index contributed by atoms with van der Waals surface area (Å²) in [6.45, 7) is 2.56. The Balaban J connectivity index is 2.53. The molecule has 1 aromatic carbocycles. The molecule has 0 aliphatic rings. The van der Waals surface area contributed by atoms with Gasteiger partial charge in [-0.2, -0.15) is 0 Å². The minimum absolute atomic E-state index is 0.567. The lowest BCUT2D eigenvalue weighted by molar-refractivity contribution is 1.07. The smallest absolute Gasteiger partial charge is 0.0378 e. The molecule has 0 unspecified atom stereocenters. The zero-order chi connectivity index (χ0) is 10.7. The van der Waals surface area contributed by atoms with Gasteiger partial charge in [0.2, 0.25) is 0 Å². The monoisotopic (exact) mass is 198 g/mol. The molecule has 0 atom stereocenters. The maximum absolute atomic E-state index is 5.71. The van der Waals surface area contributed by atoms with Crippen LogP contribution in [-0.2, 0) is 6.54 Å². The van der Waals surface area contributed by atoms with Gasteiger partial charge in [0.25, 0.3) is 0 Å². The first-order chi connectivity index (χ1) is 7.31. The predicted octanol–water partition coefficient (Wildman–Crippen LogP) is 2.52. The van der Waals surface area contributed by atoms with Gasteiger partial charge >= 0.3 is 0 Å². The Morgan fingerprint density at radius 1 is 1.20 bits per heavy atom. The lowest BCUT2D eigenvalue weighted by atomic mass is 10.0. The van der Waals surface area contributed by atoms with Crippen molar-refractivity contribution in [1.29, 1.82) is 0 Å². The van der Waals surface area contributed by atoms with E-state index in [0.29, 0.717) is 6.54 Å². The third kappa shape index (κ3) is 2.05. The molecule has 1 aromatic heterocycles. The molecule has 2 N–H and O–H groups in total. The summed E-state index contributed by atoms with van der Waals surface area (Å²) in [5.41, 5.74) is 10.3. The number of pyridine rings is 1. The van der Waals surface area contributed by atoms with E-state index in [4.69, 9.17) is 5.73 Å². The number of benzene rings is 1. The quantitative estimate of drug-likeness (QED) is 0.805. The molecule has 1 heterocycles. The summed E-state index contributed by atoms with van der Waals surface area (Å²) in [5.74, 6) is 0. The highest BCUT2D eigenvalue weighted by atomic mass is 14.6. The van der Waals surface area contributed by atoms with Crippen LogP contribution in [0.1, 0.15) is 11.3 Å². The molecule has 2 aromatic rings. The van der Waals surface area contributed by atoms with Gasteiger partial charge in [0, 0.05) is 18.4 Å². The Morgan fingerprint density at radius 2 is 2.00 bits per heavy atom. The summed E-state index contributed by atoms with van der Waals surface area (Å²) in [5, 5.41) is 0. The standard InChI is InChI=1S/C13H14N2/c1-10-8-11(6-7-15-10)13-5-3-2-4-12(13)9-14/h2-8H,9,14H2,1H3. The Kier molecular flexibility index (Phi) is 2.79. The number of hydrogen-bond donors (Lipinski definition) is 1. The van der Waals surface area contributed by atoms with Crippen LogP contribution in [0.4, 0.5) is 0 Å². The van der Waals surface area contributed by atoms with Crippen LogP contribution in [0.15, 0.2) is 42.6 Å². The molecule has 0 fully saturated rings. The van der Waals surface area contributed by atoms with Crippen molar-refractivity contribution in [3.8, 4) is 11.1 Å². The summed E-state index contributed by atoms with van der Waals surface area (Å²) >= 11 is 0. The van der Waals surface area contributed by atoms with Gasteiger partial charge < -0.3 is 5.73 Å². The molecule has 2 rings (SSSR count). The van der Waals surface area contributed by atoms with Crippen molar-refractivity contribution in [2.45, 2.75) is 13.5 Å². The van der Waals surface area contributed by atoms with Gasteiger partial charge in [-0.1, -0.05) is 24.3 Å². The molecule has 0 saturated heterocycles. The van der Waals surface area contributed by atoms with Gasteiger partial charge in [0.05, 0.1) is 0 Å². The summed E-state index contributed by atoms with van der Waals surface area (Å²) in [4.78, 5) is 4.19. The van der Waals surface area contributed by atoms with Crippen LogP contribution in [0.2, 0.25) is 0 Å². The zero-order valence-corrected chi connectivity index (χ0v) is 8.77. The number of hydrogen-bond acceptors (Lipinski definition) is 2. The largest absolute Gasteiger partial charge is 0.326 e. The fourth-order valence-electron chi connectivity index (χ4n) is 1.69. The Hall–Kier alpha value is -1.67. The summed E-state index contributed by atoms with van der Waals surface area (Å²) < 4.78 is 0. The van der Waals surface area contributed by atoms with Gasteiger partial charge in [-0.05, 0) is 35.7 Å². The molecular formula is C13H14N2. The fourth-order valence-corrected chi connectivity index (χ4v) is 1.69. The number of rotatable bonds is 2. The lowest BCUT2D eigenvalue weighted by Gasteiger charge is -2.07. The first-order valence-electron chi connectivity index (χ1n) is 5.02. The first kappa shape index (κ1) is 9.87. The van der Waals surface area contributed by atoms with Gasteiger partial charge in [-0.15, -0.1) is 0 Å². The maximum atomic E-state index is 5.71. The molecule has 2 heteroatoms. The molecule has 0 bridgehead atoms. The van der Waals surface area contributed by atoms with Crippen molar-refractivity contribution in [2.75, 3.05) is 0 Å². The summed E-state index contributed by atoms with van der Waals surface area (Å²) in [6.07, 6.45) is 1.83. The predicted molar refractivity (Wildman–Crippen MR) is 62.3 cm³/mol. The van der Waals surface area contributed by atoms with E-state index < -0.39 is 0 Å². The van der Waals surface area contributed by atoms with Crippen LogP contribution in [-0.4, -0.2) is 4.98 Å². The van der Waals surface area contributed by atoms with E-state index >= 15 is 0 Å². The minimum Gasteiger partial charge on any atom is -0.326 e. The number of aryl methyl sites for hydroxylation is 1. The molecule has 0 spiro atoms. The maximum Gasteiger partial charge on any atom is 0.0378 e. The molecule has 0 aliphatic carbocycles. The first-order valence-corrected chi connectivity index (χ1v) is 5.02.